The Labute approximate surface area is 93.5 Å². The summed E-state index contributed by atoms with van der Waals surface area (Å²) in [5, 5.41) is 18.3. The second-order valence-corrected chi connectivity index (χ2v) is 3.39. The molecule has 1 aromatic carbocycles. The molecule has 88 valence electrons. The zero-order chi connectivity index (χ0) is 12.1. The average Bonchev–Trinajstić information content (AvgIpc) is 2.24. The van der Waals surface area contributed by atoms with Crippen LogP contribution in [0.5, 0.6) is 11.5 Å². The van der Waals surface area contributed by atoms with E-state index in [0.717, 1.165) is 0 Å². The summed E-state index contributed by atoms with van der Waals surface area (Å²) >= 11 is 0. The molecule has 1 aromatic rings. The van der Waals surface area contributed by atoms with Crippen LogP contribution in [-0.2, 0) is 16.0 Å². The Morgan fingerprint density at radius 2 is 2.12 bits per heavy atom. The number of carbonyl (C=O) groups is 1. The van der Waals surface area contributed by atoms with Crippen molar-refractivity contribution in [2.75, 3.05) is 6.61 Å². The highest BCUT2D eigenvalue weighted by atomic mass is 16.5. The Hall–Kier alpha value is -1.75. The average molecular weight is 225 g/mol. The van der Waals surface area contributed by atoms with E-state index in [1.165, 1.54) is 12.1 Å². The molecule has 0 bridgehead atoms. The topological polar surface area (TPSA) is 92.8 Å². The lowest BCUT2D eigenvalue weighted by Crippen LogP contribution is -2.34. The van der Waals surface area contributed by atoms with Crippen LogP contribution in [0.1, 0.15) is 12.5 Å². The Bertz CT molecular complexity index is 378. The van der Waals surface area contributed by atoms with Crippen LogP contribution < -0.4 is 5.73 Å². The summed E-state index contributed by atoms with van der Waals surface area (Å²) in [5.74, 6) is -0.905. The molecule has 0 heterocycles. The van der Waals surface area contributed by atoms with Crippen molar-refractivity contribution in [1.29, 1.82) is 0 Å². The number of nitrogens with two attached hydrogens (primary N) is 1. The largest absolute Gasteiger partial charge is 0.504 e. The molecule has 0 aliphatic rings. The van der Waals surface area contributed by atoms with Crippen LogP contribution >= 0.6 is 0 Å². The second kappa shape index (κ2) is 5.37. The van der Waals surface area contributed by atoms with Gasteiger partial charge in [-0.2, -0.15) is 0 Å². The number of esters is 1. The van der Waals surface area contributed by atoms with Crippen LogP contribution in [-0.4, -0.2) is 28.8 Å². The minimum Gasteiger partial charge on any atom is -0.504 e. The number of phenols is 2. The van der Waals surface area contributed by atoms with Crippen molar-refractivity contribution in [2.45, 2.75) is 19.4 Å². The Kier molecular flexibility index (Phi) is 4.13. The van der Waals surface area contributed by atoms with Crippen molar-refractivity contribution in [3.05, 3.63) is 23.8 Å². The Morgan fingerprint density at radius 3 is 2.69 bits per heavy atom. The molecule has 0 fully saturated rings. The van der Waals surface area contributed by atoms with Gasteiger partial charge >= 0.3 is 5.97 Å². The summed E-state index contributed by atoms with van der Waals surface area (Å²) < 4.78 is 4.75. The first-order valence-corrected chi connectivity index (χ1v) is 4.97. The number of ether oxygens (including phenoxy) is 1. The van der Waals surface area contributed by atoms with Gasteiger partial charge in [-0.1, -0.05) is 6.07 Å². The molecule has 0 saturated carbocycles. The number of hydrogen-bond donors (Lipinski definition) is 3. The zero-order valence-corrected chi connectivity index (χ0v) is 9.01. The highest BCUT2D eigenvalue weighted by Crippen LogP contribution is 2.25. The van der Waals surface area contributed by atoms with Gasteiger partial charge in [0, 0.05) is 0 Å². The number of carbonyl (C=O) groups excluding carboxylic acids is 1. The van der Waals surface area contributed by atoms with E-state index in [4.69, 9.17) is 15.6 Å². The zero-order valence-electron chi connectivity index (χ0n) is 9.01. The predicted octanol–water partition coefficient (Wildman–Crippen LogP) is 0.531. The molecular formula is C11H15NO4. The fourth-order valence-corrected chi connectivity index (χ4v) is 1.28. The first kappa shape index (κ1) is 12.3. The fourth-order valence-electron chi connectivity index (χ4n) is 1.28. The molecule has 1 rings (SSSR count). The summed E-state index contributed by atoms with van der Waals surface area (Å²) in [6.07, 6.45) is 0.257. The molecule has 16 heavy (non-hydrogen) atoms. The summed E-state index contributed by atoms with van der Waals surface area (Å²) in [6, 6.07) is 3.55. The van der Waals surface area contributed by atoms with Gasteiger partial charge in [0.15, 0.2) is 11.5 Å². The van der Waals surface area contributed by atoms with Gasteiger partial charge < -0.3 is 20.7 Å². The maximum atomic E-state index is 11.2. The molecule has 0 amide bonds. The van der Waals surface area contributed by atoms with Gasteiger partial charge in [-0.25, -0.2) is 0 Å². The number of phenolic OH excluding ortho intramolecular Hbond substituents is 2. The third-order valence-corrected chi connectivity index (χ3v) is 2.08. The number of rotatable bonds is 4. The summed E-state index contributed by atoms with van der Waals surface area (Å²) in [4.78, 5) is 11.2. The maximum Gasteiger partial charge on any atom is 0.323 e. The van der Waals surface area contributed by atoms with Gasteiger partial charge in [-0.15, -0.1) is 0 Å². The first-order chi connectivity index (χ1) is 7.54. The van der Waals surface area contributed by atoms with E-state index in [-0.39, 0.29) is 24.5 Å². The quantitative estimate of drug-likeness (QED) is 0.513. The number of aromatic hydroxyl groups is 2. The summed E-state index contributed by atoms with van der Waals surface area (Å²) in [7, 11) is 0. The Morgan fingerprint density at radius 1 is 1.44 bits per heavy atom. The number of hydrogen-bond acceptors (Lipinski definition) is 5. The normalized spacial score (nSPS) is 12.1. The van der Waals surface area contributed by atoms with E-state index in [1.807, 2.05) is 0 Å². The summed E-state index contributed by atoms with van der Waals surface area (Å²) in [6.45, 7) is 1.99. The fraction of sp³-hybridized carbons (Fsp3) is 0.364. The SMILES string of the molecule is CCOC(=O)[C@H](N)Cc1ccc(O)c(O)c1. The van der Waals surface area contributed by atoms with Crippen molar-refractivity contribution < 1.29 is 19.7 Å². The van der Waals surface area contributed by atoms with Crippen LogP contribution in [0.2, 0.25) is 0 Å². The molecule has 1 atom stereocenters. The first-order valence-electron chi connectivity index (χ1n) is 4.97. The van der Waals surface area contributed by atoms with Crippen molar-refractivity contribution in [1.82, 2.24) is 0 Å². The maximum absolute atomic E-state index is 11.2. The van der Waals surface area contributed by atoms with Crippen LogP contribution in [0, 0.1) is 0 Å². The minimum absolute atomic E-state index is 0.201. The summed E-state index contributed by atoms with van der Waals surface area (Å²) in [5.41, 5.74) is 6.27. The van der Waals surface area contributed by atoms with E-state index in [2.05, 4.69) is 0 Å². The smallest absolute Gasteiger partial charge is 0.323 e. The molecule has 5 nitrogen and oxygen atoms in total. The van der Waals surface area contributed by atoms with Crippen LogP contribution in [0.4, 0.5) is 0 Å². The minimum atomic E-state index is -0.760. The van der Waals surface area contributed by atoms with E-state index >= 15 is 0 Å². The lowest BCUT2D eigenvalue weighted by Gasteiger charge is -2.10. The molecule has 0 aliphatic carbocycles. The van der Waals surface area contributed by atoms with Gasteiger partial charge in [0.1, 0.15) is 6.04 Å². The lowest BCUT2D eigenvalue weighted by molar-refractivity contribution is -0.144. The molecule has 5 heteroatoms. The van der Waals surface area contributed by atoms with Crippen LogP contribution in [0.15, 0.2) is 18.2 Å². The second-order valence-electron chi connectivity index (χ2n) is 3.39. The molecule has 0 aromatic heterocycles. The molecule has 0 saturated heterocycles. The Balaban J connectivity index is 2.66. The van der Waals surface area contributed by atoms with Gasteiger partial charge in [-0.05, 0) is 31.0 Å². The predicted molar refractivity (Wildman–Crippen MR) is 58.1 cm³/mol. The van der Waals surface area contributed by atoms with Crippen LogP contribution in [0.3, 0.4) is 0 Å². The standard InChI is InChI=1S/C11H15NO4/c1-2-16-11(15)8(12)5-7-3-4-9(13)10(14)6-7/h3-4,6,8,13-14H,2,5,12H2,1H3/t8-/m1/s1. The monoisotopic (exact) mass is 225 g/mol. The van der Waals surface area contributed by atoms with Crippen molar-refractivity contribution in [2.24, 2.45) is 5.73 Å². The lowest BCUT2D eigenvalue weighted by atomic mass is 10.1. The molecule has 4 N–H and O–H groups in total. The molecule has 0 spiro atoms. The van der Waals surface area contributed by atoms with Gasteiger partial charge in [0.25, 0.3) is 0 Å². The highest BCUT2D eigenvalue weighted by Gasteiger charge is 2.15. The van der Waals surface area contributed by atoms with E-state index in [0.29, 0.717) is 5.56 Å². The molecule has 0 aliphatic heterocycles. The highest BCUT2D eigenvalue weighted by molar-refractivity contribution is 5.75. The van der Waals surface area contributed by atoms with Gasteiger partial charge in [-0.3, -0.25) is 4.79 Å². The number of benzene rings is 1. The van der Waals surface area contributed by atoms with Crippen molar-refractivity contribution in [3.8, 4) is 11.5 Å². The molecular weight excluding hydrogens is 210 g/mol. The van der Waals surface area contributed by atoms with Crippen molar-refractivity contribution in [3.63, 3.8) is 0 Å². The van der Waals surface area contributed by atoms with Crippen LogP contribution in [0.25, 0.3) is 0 Å². The van der Waals surface area contributed by atoms with Crippen molar-refractivity contribution >= 4 is 5.97 Å². The van der Waals surface area contributed by atoms with E-state index in [1.54, 1.807) is 13.0 Å². The van der Waals surface area contributed by atoms with Gasteiger partial charge in [0.2, 0.25) is 0 Å². The van der Waals surface area contributed by atoms with Gasteiger partial charge in [0.05, 0.1) is 6.61 Å². The van der Waals surface area contributed by atoms with E-state index in [9.17, 15) is 9.90 Å². The molecule has 0 radical (unpaired) electrons. The van der Waals surface area contributed by atoms with E-state index < -0.39 is 12.0 Å². The molecule has 0 unspecified atom stereocenters. The third kappa shape index (κ3) is 3.13. The third-order valence-electron chi connectivity index (χ3n) is 2.08.